The van der Waals surface area contributed by atoms with Crippen molar-refractivity contribution in [2.75, 3.05) is 11.9 Å². The Hall–Kier alpha value is -0.910. The molecule has 0 amide bonds. The quantitative estimate of drug-likeness (QED) is 0.839. The summed E-state index contributed by atoms with van der Waals surface area (Å²) in [5, 5.41) is 13.1. The maximum absolute atomic E-state index is 8.58. The van der Waals surface area contributed by atoms with Gasteiger partial charge >= 0.3 is 0 Å². The van der Waals surface area contributed by atoms with Crippen LogP contribution in [0.25, 0.3) is 0 Å². The molecule has 0 aliphatic carbocycles. The third-order valence-electron chi connectivity index (χ3n) is 2.55. The molecule has 0 fully saturated rings. The molecule has 2 nitrogen and oxygen atoms in total. The number of anilines is 1. The Kier molecular flexibility index (Phi) is 5.11. The first-order chi connectivity index (χ1) is 7.93. The van der Waals surface area contributed by atoms with Crippen LogP contribution in [0.2, 0.25) is 10.0 Å². The van der Waals surface area contributed by atoms with Crippen LogP contribution in [0, 0.1) is 16.7 Å². The lowest BCUT2D eigenvalue weighted by atomic mass is 9.88. The van der Waals surface area contributed by atoms with Crippen LogP contribution >= 0.6 is 23.2 Å². The summed E-state index contributed by atoms with van der Waals surface area (Å²) in [6.45, 7) is 5.04. The molecule has 17 heavy (non-hydrogen) atoms. The number of benzene rings is 1. The van der Waals surface area contributed by atoms with Crippen LogP contribution in [0.4, 0.5) is 5.69 Å². The van der Waals surface area contributed by atoms with E-state index in [-0.39, 0.29) is 5.41 Å². The Bertz CT molecular complexity index is 402. The fraction of sp³-hybridized carbons (Fsp3) is 0.462. The van der Waals surface area contributed by atoms with E-state index in [1.807, 2.05) is 12.1 Å². The Morgan fingerprint density at radius 3 is 2.35 bits per heavy atom. The maximum Gasteiger partial charge on any atom is 0.0621 e. The molecule has 0 saturated carbocycles. The highest BCUT2D eigenvalue weighted by molar-refractivity contribution is 6.35. The van der Waals surface area contributed by atoms with Crippen molar-refractivity contribution in [2.45, 2.75) is 26.7 Å². The lowest BCUT2D eigenvalue weighted by Gasteiger charge is -2.24. The van der Waals surface area contributed by atoms with Gasteiger partial charge in [0.2, 0.25) is 0 Å². The van der Waals surface area contributed by atoms with E-state index in [9.17, 15) is 0 Å². The lowest BCUT2D eigenvalue weighted by Crippen LogP contribution is -2.22. The zero-order valence-electron chi connectivity index (χ0n) is 10.1. The van der Waals surface area contributed by atoms with E-state index in [4.69, 9.17) is 28.5 Å². The minimum Gasteiger partial charge on any atom is -0.384 e. The van der Waals surface area contributed by atoms with E-state index in [1.165, 1.54) is 0 Å². The predicted octanol–water partition coefficient (Wildman–Crippen LogP) is 4.74. The van der Waals surface area contributed by atoms with Gasteiger partial charge in [-0.05, 0) is 30.0 Å². The molecule has 0 radical (unpaired) electrons. The van der Waals surface area contributed by atoms with E-state index in [0.29, 0.717) is 16.5 Å². The standard InChI is InChI=1S/C13H16Cl2N2/c1-13(2,4-3-5-16)9-17-12-7-10(14)6-11(15)8-12/h6-8,17H,3-4,9H2,1-2H3. The van der Waals surface area contributed by atoms with E-state index < -0.39 is 0 Å². The summed E-state index contributed by atoms with van der Waals surface area (Å²) in [4.78, 5) is 0. The zero-order valence-corrected chi connectivity index (χ0v) is 11.6. The van der Waals surface area contributed by atoms with Crippen LogP contribution in [0.3, 0.4) is 0 Å². The molecule has 0 bridgehead atoms. The fourth-order valence-corrected chi connectivity index (χ4v) is 2.01. The van der Waals surface area contributed by atoms with Gasteiger partial charge in [0.25, 0.3) is 0 Å². The molecule has 0 spiro atoms. The minimum atomic E-state index is 0.0739. The molecule has 92 valence electrons. The van der Waals surface area contributed by atoms with Crippen molar-refractivity contribution in [1.29, 1.82) is 5.26 Å². The van der Waals surface area contributed by atoms with Crippen LogP contribution in [0.5, 0.6) is 0 Å². The number of hydrogen-bond donors (Lipinski definition) is 1. The van der Waals surface area contributed by atoms with Crippen molar-refractivity contribution in [3.05, 3.63) is 28.2 Å². The van der Waals surface area contributed by atoms with Gasteiger partial charge in [0, 0.05) is 28.7 Å². The van der Waals surface area contributed by atoms with Crippen molar-refractivity contribution < 1.29 is 0 Å². The molecule has 0 aliphatic rings. The summed E-state index contributed by atoms with van der Waals surface area (Å²) >= 11 is 11.8. The zero-order chi connectivity index (χ0) is 12.9. The molecule has 4 heteroatoms. The summed E-state index contributed by atoms with van der Waals surface area (Å²) in [5.74, 6) is 0. The summed E-state index contributed by atoms with van der Waals surface area (Å²) in [5.41, 5.74) is 0.984. The van der Waals surface area contributed by atoms with E-state index in [0.717, 1.165) is 18.7 Å². The highest BCUT2D eigenvalue weighted by atomic mass is 35.5. The summed E-state index contributed by atoms with van der Waals surface area (Å²) in [6.07, 6.45) is 1.44. The van der Waals surface area contributed by atoms with Crippen molar-refractivity contribution in [2.24, 2.45) is 5.41 Å². The Morgan fingerprint density at radius 2 is 1.82 bits per heavy atom. The molecule has 0 aliphatic heterocycles. The van der Waals surface area contributed by atoms with Crippen LogP contribution in [-0.2, 0) is 0 Å². The summed E-state index contributed by atoms with van der Waals surface area (Å²) in [6, 6.07) is 7.56. The SMILES string of the molecule is CC(C)(CCC#N)CNc1cc(Cl)cc(Cl)c1. The summed E-state index contributed by atoms with van der Waals surface area (Å²) < 4.78 is 0. The predicted molar refractivity (Wildman–Crippen MR) is 73.6 cm³/mol. The highest BCUT2D eigenvalue weighted by Gasteiger charge is 2.17. The van der Waals surface area contributed by atoms with Crippen LogP contribution in [0.1, 0.15) is 26.7 Å². The van der Waals surface area contributed by atoms with Gasteiger partial charge in [-0.1, -0.05) is 37.0 Å². The summed E-state index contributed by atoms with van der Waals surface area (Å²) in [7, 11) is 0. The van der Waals surface area contributed by atoms with Gasteiger partial charge in [-0.25, -0.2) is 0 Å². The Morgan fingerprint density at radius 1 is 1.24 bits per heavy atom. The molecular formula is C13H16Cl2N2. The lowest BCUT2D eigenvalue weighted by molar-refractivity contribution is 0.364. The number of nitriles is 1. The smallest absolute Gasteiger partial charge is 0.0621 e. The highest BCUT2D eigenvalue weighted by Crippen LogP contribution is 2.26. The molecule has 0 heterocycles. The monoisotopic (exact) mass is 270 g/mol. The van der Waals surface area contributed by atoms with Gasteiger partial charge in [-0.3, -0.25) is 0 Å². The average Bonchev–Trinajstić information content (AvgIpc) is 2.23. The molecule has 0 saturated heterocycles. The van der Waals surface area contributed by atoms with Gasteiger partial charge in [0.15, 0.2) is 0 Å². The third kappa shape index (κ3) is 5.30. The largest absolute Gasteiger partial charge is 0.384 e. The number of hydrogen-bond acceptors (Lipinski definition) is 2. The first-order valence-corrected chi connectivity index (χ1v) is 6.25. The molecule has 0 aromatic heterocycles. The fourth-order valence-electron chi connectivity index (χ4n) is 1.48. The molecule has 0 unspecified atom stereocenters. The van der Waals surface area contributed by atoms with Crippen LogP contribution < -0.4 is 5.32 Å². The second kappa shape index (κ2) is 6.14. The Balaban J connectivity index is 2.58. The van der Waals surface area contributed by atoms with E-state index in [2.05, 4.69) is 25.2 Å². The maximum atomic E-state index is 8.58. The normalized spacial score (nSPS) is 11.0. The number of nitrogens with zero attached hydrogens (tertiary/aromatic N) is 1. The van der Waals surface area contributed by atoms with E-state index >= 15 is 0 Å². The third-order valence-corrected chi connectivity index (χ3v) is 2.98. The molecule has 1 N–H and O–H groups in total. The number of nitrogens with one attached hydrogen (secondary N) is 1. The molecular weight excluding hydrogens is 255 g/mol. The van der Waals surface area contributed by atoms with Crippen molar-refractivity contribution in [3.8, 4) is 6.07 Å². The first-order valence-electron chi connectivity index (χ1n) is 5.50. The second-order valence-electron chi connectivity index (χ2n) is 4.83. The van der Waals surface area contributed by atoms with Gasteiger partial charge in [-0.2, -0.15) is 5.26 Å². The Labute approximate surface area is 113 Å². The van der Waals surface area contributed by atoms with E-state index in [1.54, 1.807) is 6.07 Å². The first kappa shape index (κ1) is 14.2. The topological polar surface area (TPSA) is 35.8 Å². The number of rotatable bonds is 5. The molecule has 1 aromatic rings. The molecule has 1 rings (SSSR count). The average molecular weight is 271 g/mol. The van der Waals surface area contributed by atoms with Gasteiger partial charge < -0.3 is 5.32 Å². The van der Waals surface area contributed by atoms with Crippen molar-refractivity contribution >= 4 is 28.9 Å². The second-order valence-corrected chi connectivity index (χ2v) is 5.71. The minimum absolute atomic E-state index is 0.0739. The molecule has 0 atom stereocenters. The molecule has 1 aromatic carbocycles. The van der Waals surface area contributed by atoms with Crippen LogP contribution in [-0.4, -0.2) is 6.54 Å². The van der Waals surface area contributed by atoms with Gasteiger partial charge in [0.1, 0.15) is 0 Å². The van der Waals surface area contributed by atoms with Gasteiger partial charge in [0.05, 0.1) is 6.07 Å². The number of halogens is 2. The van der Waals surface area contributed by atoms with Crippen LogP contribution in [0.15, 0.2) is 18.2 Å². The van der Waals surface area contributed by atoms with Gasteiger partial charge in [-0.15, -0.1) is 0 Å². The van der Waals surface area contributed by atoms with Crippen molar-refractivity contribution in [1.82, 2.24) is 0 Å². The van der Waals surface area contributed by atoms with Crippen molar-refractivity contribution in [3.63, 3.8) is 0 Å².